The van der Waals surface area contributed by atoms with E-state index < -0.39 is 0 Å². The highest BCUT2D eigenvalue weighted by Crippen LogP contribution is 1.80. The largest absolute Gasteiger partial charge is 0.300 e. The van der Waals surface area contributed by atoms with Crippen LogP contribution >= 0.6 is 0 Å². The molecule has 0 aromatic heterocycles. The summed E-state index contributed by atoms with van der Waals surface area (Å²) in [6, 6.07) is 24.0. The van der Waals surface area contributed by atoms with Gasteiger partial charge in [0.15, 0.2) is 0 Å². The molecule has 0 unspecified atom stereocenters. The van der Waals surface area contributed by atoms with Crippen LogP contribution < -0.4 is 0 Å². The van der Waals surface area contributed by atoms with Crippen molar-refractivity contribution in [1.29, 1.82) is 0 Å². The third-order valence-corrected chi connectivity index (χ3v) is 1.33. The van der Waals surface area contributed by atoms with Crippen LogP contribution in [0.25, 0.3) is 0 Å². The average Bonchev–Trinajstić information content (AvgIpc) is 2.42. The molecule has 2 nitrogen and oxygen atoms in total. The van der Waals surface area contributed by atoms with E-state index in [1.165, 1.54) is 27.7 Å². The van der Waals surface area contributed by atoms with E-state index in [-0.39, 0.29) is 11.6 Å². The Labute approximate surface area is 122 Å². The number of ketones is 2. The minimum Gasteiger partial charge on any atom is -0.300 e. The molecule has 108 valence electrons. The first-order valence-corrected chi connectivity index (χ1v) is 6.41. The van der Waals surface area contributed by atoms with E-state index in [1.807, 2.05) is 72.8 Å². The molecular formula is C18H24O2. The zero-order valence-electron chi connectivity index (χ0n) is 12.7. The zero-order chi connectivity index (χ0) is 15.6. The van der Waals surface area contributed by atoms with Gasteiger partial charge in [0.05, 0.1) is 0 Å². The molecule has 0 spiro atoms. The van der Waals surface area contributed by atoms with Crippen molar-refractivity contribution in [1.82, 2.24) is 0 Å². The molecule has 0 aliphatic heterocycles. The highest BCUT2D eigenvalue weighted by atomic mass is 16.1. The molecule has 0 radical (unpaired) electrons. The molecule has 0 aliphatic rings. The standard InChI is InChI=1S/2C6H6.2C3H6O/c2*1-2-4-6-5-3-1;2*1-3(2)4/h2*1-6H;2*1-2H3. The molecule has 0 saturated carbocycles. The predicted octanol–water partition coefficient (Wildman–Crippen LogP) is 4.56. The zero-order valence-corrected chi connectivity index (χ0v) is 12.7. The summed E-state index contributed by atoms with van der Waals surface area (Å²) >= 11 is 0. The van der Waals surface area contributed by atoms with Crippen molar-refractivity contribution in [3.05, 3.63) is 72.8 Å². The van der Waals surface area contributed by atoms with Crippen LogP contribution in [0.5, 0.6) is 0 Å². The Balaban J connectivity index is 0. The topological polar surface area (TPSA) is 34.1 Å². The Kier molecular flexibility index (Phi) is 16.9. The van der Waals surface area contributed by atoms with Gasteiger partial charge in [-0.3, -0.25) is 0 Å². The molecule has 0 saturated heterocycles. The number of Topliss-reactive ketones (excluding diaryl/α,β-unsaturated/α-hetero) is 2. The molecule has 20 heavy (non-hydrogen) atoms. The number of hydrogen-bond donors (Lipinski definition) is 0. The molecule has 0 N–H and O–H groups in total. The second kappa shape index (κ2) is 16.8. The smallest absolute Gasteiger partial charge is 0.126 e. The van der Waals surface area contributed by atoms with Gasteiger partial charge < -0.3 is 9.59 Å². The molecule has 2 aromatic rings. The van der Waals surface area contributed by atoms with E-state index in [0.717, 1.165) is 0 Å². The summed E-state index contributed by atoms with van der Waals surface area (Å²) in [7, 11) is 0. The summed E-state index contributed by atoms with van der Waals surface area (Å²) in [4.78, 5) is 18.9. The summed E-state index contributed by atoms with van der Waals surface area (Å²) in [5, 5.41) is 0. The second-order valence-electron chi connectivity index (χ2n) is 4.13. The van der Waals surface area contributed by atoms with Crippen LogP contribution in [-0.2, 0) is 9.59 Å². The maximum atomic E-state index is 9.44. The summed E-state index contributed by atoms with van der Waals surface area (Å²) in [6.45, 7) is 6.11. The van der Waals surface area contributed by atoms with Crippen molar-refractivity contribution in [2.24, 2.45) is 0 Å². The first kappa shape index (κ1) is 20.1. The Morgan fingerprint density at radius 3 is 0.500 bits per heavy atom. The fourth-order valence-corrected chi connectivity index (χ4v) is 0.770. The van der Waals surface area contributed by atoms with Crippen LogP contribution in [0.15, 0.2) is 72.8 Å². The molecule has 2 heteroatoms. The monoisotopic (exact) mass is 272 g/mol. The van der Waals surface area contributed by atoms with Crippen LogP contribution in [0.2, 0.25) is 0 Å². The molecule has 2 aromatic carbocycles. The van der Waals surface area contributed by atoms with Crippen molar-refractivity contribution < 1.29 is 9.59 Å². The van der Waals surface area contributed by atoms with Gasteiger partial charge in [0.25, 0.3) is 0 Å². The number of carbonyl (C=O) groups is 2. The second-order valence-corrected chi connectivity index (χ2v) is 4.13. The average molecular weight is 272 g/mol. The summed E-state index contributed by atoms with van der Waals surface area (Å²) in [5.74, 6) is 0.333. The maximum absolute atomic E-state index is 9.44. The van der Waals surface area contributed by atoms with E-state index in [0.29, 0.717) is 0 Å². The highest BCUT2D eigenvalue weighted by Gasteiger charge is 1.62. The lowest BCUT2D eigenvalue weighted by Gasteiger charge is -1.69. The van der Waals surface area contributed by atoms with Crippen molar-refractivity contribution in [2.75, 3.05) is 0 Å². The van der Waals surface area contributed by atoms with Gasteiger partial charge >= 0.3 is 0 Å². The van der Waals surface area contributed by atoms with E-state index in [4.69, 9.17) is 0 Å². The normalized spacial score (nSPS) is 7.40. The van der Waals surface area contributed by atoms with E-state index in [1.54, 1.807) is 0 Å². The van der Waals surface area contributed by atoms with Gasteiger partial charge in [-0.25, -0.2) is 0 Å². The van der Waals surface area contributed by atoms with Crippen LogP contribution in [0.1, 0.15) is 27.7 Å². The van der Waals surface area contributed by atoms with Gasteiger partial charge in [0.2, 0.25) is 0 Å². The predicted molar refractivity (Wildman–Crippen MR) is 85.6 cm³/mol. The molecule has 2 rings (SSSR count). The van der Waals surface area contributed by atoms with Gasteiger partial charge in [0.1, 0.15) is 11.6 Å². The van der Waals surface area contributed by atoms with Crippen molar-refractivity contribution in [3.63, 3.8) is 0 Å². The number of hydrogen-bond acceptors (Lipinski definition) is 2. The molecule has 0 atom stereocenters. The van der Waals surface area contributed by atoms with Crippen LogP contribution in [-0.4, -0.2) is 11.6 Å². The highest BCUT2D eigenvalue weighted by molar-refractivity contribution is 5.72. The van der Waals surface area contributed by atoms with Crippen molar-refractivity contribution >= 4 is 11.6 Å². The van der Waals surface area contributed by atoms with Crippen LogP contribution in [0.4, 0.5) is 0 Å². The lowest BCUT2D eigenvalue weighted by atomic mass is 10.4. The van der Waals surface area contributed by atoms with Crippen LogP contribution in [0, 0.1) is 0 Å². The number of carbonyl (C=O) groups excluding carboxylic acids is 2. The fourth-order valence-electron chi connectivity index (χ4n) is 0.770. The van der Waals surface area contributed by atoms with E-state index >= 15 is 0 Å². The third-order valence-electron chi connectivity index (χ3n) is 1.33. The molecule has 0 fully saturated rings. The van der Waals surface area contributed by atoms with Gasteiger partial charge in [-0.05, 0) is 27.7 Å². The molecule has 0 heterocycles. The quantitative estimate of drug-likeness (QED) is 0.704. The Hall–Kier alpha value is -2.22. The molecular weight excluding hydrogens is 248 g/mol. The summed E-state index contributed by atoms with van der Waals surface area (Å²) in [6.07, 6.45) is 0. The summed E-state index contributed by atoms with van der Waals surface area (Å²) in [5.41, 5.74) is 0. The first-order valence-electron chi connectivity index (χ1n) is 6.41. The fraction of sp³-hybridized carbons (Fsp3) is 0.222. The van der Waals surface area contributed by atoms with Crippen molar-refractivity contribution in [3.8, 4) is 0 Å². The van der Waals surface area contributed by atoms with Gasteiger partial charge in [0, 0.05) is 0 Å². The third kappa shape index (κ3) is 36.0. The Morgan fingerprint density at radius 1 is 0.400 bits per heavy atom. The minimum absolute atomic E-state index is 0.167. The Morgan fingerprint density at radius 2 is 0.450 bits per heavy atom. The SMILES string of the molecule is CC(C)=O.CC(C)=O.c1ccccc1.c1ccccc1. The summed E-state index contributed by atoms with van der Waals surface area (Å²) < 4.78 is 0. The van der Waals surface area contributed by atoms with Gasteiger partial charge in [-0.15, -0.1) is 0 Å². The lowest BCUT2D eigenvalue weighted by Crippen LogP contribution is -1.69. The minimum atomic E-state index is 0.167. The van der Waals surface area contributed by atoms with Gasteiger partial charge in [-0.1, -0.05) is 72.8 Å². The number of benzene rings is 2. The first-order chi connectivity index (χ1) is 9.46. The Bertz CT molecular complexity index is 317. The molecule has 0 bridgehead atoms. The lowest BCUT2D eigenvalue weighted by molar-refractivity contribution is -0.115. The van der Waals surface area contributed by atoms with E-state index in [2.05, 4.69) is 0 Å². The molecule has 0 amide bonds. The van der Waals surface area contributed by atoms with Gasteiger partial charge in [-0.2, -0.15) is 0 Å². The number of rotatable bonds is 0. The van der Waals surface area contributed by atoms with E-state index in [9.17, 15) is 9.59 Å². The molecule has 0 aliphatic carbocycles. The maximum Gasteiger partial charge on any atom is 0.126 e. The van der Waals surface area contributed by atoms with Crippen LogP contribution in [0.3, 0.4) is 0 Å². The van der Waals surface area contributed by atoms with Crippen molar-refractivity contribution in [2.45, 2.75) is 27.7 Å².